The van der Waals surface area contributed by atoms with Gasteiger partial charge in [-0.05, 0) is 29.7 Å². The van der Waals surface area contributed by atoms with E-state index < -0.39 is 0 Å². The Hall–Kier alpha value is -5.12. The van der Waals surface area contributed by atoms with Gasteiger partial charge >= 0.3 is 0 Å². The van der Waals surface area contributed by atoms with E-state index in [4.69, 9.17) is 0 Å². The van der Waals surface area contributed by atoms with Crippen LogP contribution in [0, 0.1) is 0 Å². The second kappa shape index (κ2) is 7.75. The molecule has 190 valence electrons. The van der Waals surface area contributed by atoms with Crippen LogP contribution in [0.25, 0.3) is 85.6 Å². The molecule has 41 heavy (non-hydrogen) atoms. The average molecular weight is 539 g/mol. The van der Waals surface area contributed by atoms with Crippen molar-refractivity contribution in [1.29, 1.82) is 0 Å². The first-order chi connectivity index (χ1) is 20.4. The molecule has 0 spiro atoms. The van der Waals surface area contributed by atoms with Crippen LogP contribution in [0.15, 0.2) is 134 Å². The first-order valence-corrected chi connectivity index (χ1v) is 14.9. The first-order valence-electron chi connectivity index (χ1n) is 14.0. The van der Waals surface area contributed by atoms with Gasteiger partial charge in [-0.15, -0.1) is 11.3 Å². The Kier molecular flexibility index (Phi) is 4.10. The maximum Gasteiger partial charge on any atom is 0.0714 e. The molecule has 0 aliphatic heterocycles. The number of fused-ring (bicyclic) bond motifs is 16. The fourth-order valence-corrected chi connectivity index (χ4v) is 8.44. The average Bonchev–Trinajstić information content (AvgIpc) is 3.71. The molecular formula is C38H22N2S. The van der Waals surface area contributed by atoms with Crippen molar-refractivity contribution in [3.8, 4) is 5.69 Å². The molecule has 0 unspecified atom stereocenters. The molecule has 0 amide bonds. The van der Waals surface area contributed by atoms with Crippen molar-refractivity contribution >= 4 is 91.3 Å². The summed E-state index contributed by atoms with van der Waals surface area (Å²) in [5, 5.41) is 11.7. The fraction of sp³-hybridized carbons (Fsp3) is 0. The number of thiophene rings is 1. The number of hydrogen-bond acceptors (Lipinski definition) is 1. The van der Waals surface area contributed by atoms with Gasteiger partial charge in [-0.3, -0.25) is 0 Å². The van der Waals surface area contributed by atoms with Crippen molar-refractivity contribution in [2.24, 2.45) is 0 Å². The minimum absolute atomic E-state index is 1.18. The lowest BCUT2D eigenvalue weighted by atomic mass is 9.99. The standard InChI is InChI=1S/C38H22N2S/c1-2-11-24(12-3-1)40-32-16-8-6-14-26(32)29-19-18-28-30-20-21-31-27-15-7-9-17-33(27)41-38(31)37(30)39-22-23-10-4-5-13-25(23)35(39)34(28)36(29)40/h1-22H. The molecule has 0 bridgehead atoms. The Labute approximate surface area is 238 Å². The highest BCUT2D eigenvalue weighted by Gasteiger charge is 2.22. The second-order valence-electron chi connectivity index (χ2n) is 10.9. The third-order valence-corrected chi connectivity index (χ3v) is 10.1. The summed E-state index contributed by atoms with van der Waals surface area (Å²) in [6, 6.07) is 46.7. The molecule has 0 saturated heterocycles. The van der Waals surface area contributed by atoms with E-state index in [1.54, 1.807) is 0 Å². The Morgan fingerprint density at radius 2 is 1.10 bits per heavy atom. The molecule has 3 heteroatoms. The van der Waals surface area contributed by atoms with Crippen LogP contribution in [-0.2, 0) is 0 Å². The molecule has 0 atom stereocenters. The third-order valence-electron chi connectivity index (χ3n) is 8.86. The minimum atomic E-state index is 1.18. The van der Waals surface area contributed by atoms with Crippen LogP contribution in [-0.4, -0.2) is 8.97 Å². The molecule has 0 saturated carbocycles. The summed E-state index contributed by atoms with van der Waals surface area (Å²) in [6.07, 6.45) is 2.35. The van der Waals surface area contributed by atoms with Crippen molar-refractivity contribution in [2.75, 3.05) is 0 Å². The number of para-hydroxylation sites is 2. The van der Waals surface area contributed by atoms with E-state index in [1.165, 1.54) is 85.6 Å². The van der Waals surface area contributed by atoms with E-state index in [2.05, 4.69) is 143 Å². The van der Waals surface area contributed by atoms with Crippen molar-refractivity contribution < 1.29 is 0 Å². The molecule has 0 fully saturated rings. The highest BCUT2D eigenvalue weighted by molar-refractivity contribution is 7.26. The predicted molar refractivity (Wildman–Crippen MR) is 177 cm³/mol. The van der Waals surface area contributed by atoms with E-state index in [9.17, 15) is 0 Å². The van der Waals surface area contributed by atoms with Gasteiger partial charge in [0.2, 0.25) is 0 Å². The van der Waals surface area contributed by atoms with Gasteiger partial charge in [0.15, 0.2) is 0 Å². The van der Waals surface area contributed by atoms with E-state index in [-0.39, 0.29) is 0 Å². The summed E-state index contributed by atoms with van der Waals surface area (Å²) in [4.78, 5) is 0. The van der Waals surface area contributed by atoms with Crippen LogP contribution in [0.1, 0.15) is 0 Å². The van der Waals surface area contributed by atoms with E-state index in [0.29, 0.717) is 0 Å². The summed E-state index contributed by atoms with van der Waals surface area (Å²) in [6.45, 7) is 0. The van der Waals surface area contributed by atoms with Gasteiger partial charge in [0, 0.05) is 59.7 Å². The topological polar surface area (TPSA) is 9.34 Å². The zero-order valence-corrected chi connectivity index (χ0v) is 22.8. The molecule has 10 rings (SSSR count). The molecule has 2 nitrogen and oxygen atoms in total. The monoisotopic (exact) mass is 538 g/mol. The summed E-state index contributed by atoms with van der Waals surface area (Å²) in [5.74, 6) is 0. The van der Waals surface area contributed by atoms with E-state index >= 15 is 0 Å². The molecule has 4 aromatic heterocycles. The minimum Gasteiger partial charge on any atom is -0.313 e. The number of benzene rings is 6. The van der Waals surface area contributed by atoms with Crippen molar-refractivity contribution in [3.05, 3.63) is 134 Å². The fourth-order valence-electron chi connectivity index (χ4n) is 7.19. The number of aromatic nitrogens is 2. The van der Waals surface area contributed by atoms with Crippen molar-refractivity contribution in [2.45, 2.75) is 0 Å². The first kappa shape index (κ1) is 21.7. The molecular weight excluding hydrogens is 516 g/mol. The molecule has 0 aliphatic rings. The molecule has 6 aromatic carbocycles. The number of rotatable bonds is 1. The smallest absolute Gasteiger partial charge is 0.0714 e. The molecule has 0 radical (unpaired) electrons. The molecule has 10 aromatic rings. The highest BCUT2D eigenvalue weighted by atomic mass is 32.1. The van der Waals surface area contributed by atoms with Crippen molar-refractivity contribution in [3.63, 3.8) is 0 Å². The van der Waals surface area contributed by atoms with Gasteiger partial charge in [-0.2, -0.15) is 0 Å². The van der Waals surface area contributed by atoms with Crippen molar-refractivity contribution in [1.82, 2.24) is 8.97 Å². The number of nitrogens with zero attached hydrogens (tertiary/aromatic N) is 2. The maximum absolute atomic E-state index is 2.49. The van der Waals surface area contributed by atoms with Crippen LogP contribution in [0.3, 0.4) is 0 Å². The molecule has 0 N–H and O–H groups in total. The Balaban J connectivity index is 1.56. The zero-order chi connectivity index (χ0) is 26.7. The van der Waals surface area contributed by atoms with E-state index in [0.717, 1.165) is 0 Å². The third kappa shape index (κ3) is 2.71. The van der Waals surface area contributed by atoms with Crippen LogP contribution < -0.4 is 0 Å². The number of hydrogen-bond donors (Lipinski definition) is 0. The van der Waals surface area contributed by atoms with Gasteiger partial charge in [0.25, 0.3) is 0 Å². The van der Waals surface area contributed by atoms with Crippen LogP contribution in [0.4, 0.5) is 0 Å². The van der Waals surface area contributed by atoms with E-state index in [1.807, 2.05) is 11.3 Å². The van der Waals surface area contributed by atoms with Gasteiger partial charge in [-0.1, -0.05) is 103 Å². The van der Waals surface area contributed by atoms with Crippen LogP contribution >= 0.6 is 11.3 Å². The molecule has 0 aliphatic carbocycles. The van der Waals surface area contributed by atoms with Gasteiger partial charge < -0.3 is 8.97 Å². The lowest BCUT2D eigenvalue weighted by molar-refractivity contribution is 1.19. The Morgan fingerprint density at radius 3 is 1.98 bits per heavy atom. The summed E-state index contributed by atoms with van der Waals surface area (Å²) < 4.78 is 7.64. The van der Waals surface area contributed by atoms with Gasteiger partial charge in [0.1, 0.15) is 0 Å². The maximum atomic E-state index is 2.49. The zero-order valence-electron chi connectivity index (χ0n) is 22.0. The van der Waals surface area contributed by atoms with Crippen LogP contribution in [0.2, 0.25) is 0 Å². The largest absolute Gasteiger partial charge is 0.313 e. The molecule has 4 heterocycles. The summed E-state index contributed by atoms with van der Waals surface area (Å²) in [5.41, 5.74) is 6.25. The van der Waals surface area contributed by atoms with Crippen LogP contribution in [0.5, 0.6) is 0 Å². The summed E-state index contributed by atoms with van der Waals surface area (Å²) >= 11 is 1.91. The Morgan fingerprint density at radius 1 is 0.439 bits per heavy atom. The highest BCUT2D eigenvalue weighted by Crippen LogP contribution is 2.46. The summed E-state index contributed by atoms with van der Waals surface area (Å²) in [7, 11) is 0. The SMILES string of the molecule is c1ccc(-n2c3ccccc3c3ccc4c5ccc6c7ccccc7sc6c5n5cc6ccccc6c5c4c32)cc1. The Bertz CT molecular complexity index is 2690. The van der Waals surface area contributed by atoms with Gasteiger partial charge in [-0.25, -0.2) is 0 Å². The quantitative estimate of drug-likeness (QED) is 0.184. The second-order valence-corrected chi connectivity index (χ2v) is 12.0. The van der Waals surface area contributed by atoms with Gasteiger partial charge in [0.05, 0.1) is 26.8 Å². The normalized spacial score (nSPS) is 12.4. The predicted octanol–water partition coefficient (Wildman–Crippen LogP) is 10.9. The lowest BCUT2D eigenvalue weighted by Crippen LogP contribution is -1.96. The number of pyridine rings is 1. The lowest BCUT2D eigenvalue weighted by Gasteiger charge is -2.14.